The first-order valence-electron chi connectivity index (χ1n) is 18.6. The van der Waals surface area contributed by atoms with E-state index < -0.39 is 0 Å². The van der Waals surface area contributed by atoms with Crippen molar-refractivity contribution in [2.45, 2.75) is 181 Å². The van der Waals surface area contributed by atoms with E-state index >= 15 is 0 Å². The van der Waals surface area contributed by atoms with Gasteiger partial charge in [0.25, 0.3) is 0 Å². The highest BCUT2D eigenvalue weighted by atomic mass is 14.3. The van der Waals surface area contributed by atoms with E-state index in [1.807, 2.05) is 0 Å². The van der Waals surface area contributed by atoms with Crippen LogP contribution in [-0.2, 0) is 6.42 Å². The molecule has 1 unspecified atom stereocenters. The molecule has 1 aromatic carbocycles. The highest BCUT2D eigenvalue weighted by molar-refractivity contribution is 5.21. The van der Waals surface area contributed by atoms with Crippen molar-refractivity contribution in [3.8, 4) is 0 Å². The van der Waals surface area contributed by atoms with Crippen molar-refractivity contribution in [3.63, 3.8) is 0 Å². The smallest absolute Gasteiger partial charge is 0.0256 e. The lowest BCUT2D eigenvalue weighted by atomic mass is 9.96. The Kier molecular flexibility index (Phi) is 27.5. The largest absolute Gasteiger partial charge is 0.0651 e. The maximum atomic E-state index is 2.33. The zero-order chi connectivity index (χ0) is 32.7. The molecule has 0 aliphatic heterocycles. The summed E-state index contributed by atoms with van der Waals surface area (Å²) in [6.07, 6.45) is 17.3. The van der Waals surface area contributed by atoms with Gasteiger partial charge in [-0.25, -0.2) is 0 Å². The molecular formula is C42H82. The van der Waals surface area contributed by atoms with Crippen molar-refractivity contribution in [2.24, 2.45) is 53.3 Å². The third-order valence-electron chi connectivity index (χ3n) is 8.06. The molecule has 0 aromatic heterocycles. The van der Waals surface area contributed by atoms with Gasteiger partial charge in [-0.3, -0.25) is 0 Å². The predicted molar refractivity (Wildman–Crippen MR) is 197 cm³/mol. The number of hydrogen-bond acceptors (Lipinski definition) is 0. The molecule has 2 aliphatic rings. The van der Waals surface area contributed by atoms with Crippen LogP contribution in [0.25, 0.3) is 0 Å². The Morgan fingerprint density at radius 2 is 0.929 bits per heavy atom. The Labute approximate surface area is 269 Å². The second-order valence-corrected chi connectivity index (χ2v) is 16.6. The average Bonchev–Trinajstić information content (AvgIpc) is 3.51. The molecule has 1 atom stereocenters. The molecule has 2 aliphatic carbocycles. The molecule has 0 bridgehead atoms. The lowest BCUT2D eigenvalue weighted by molar-refractivity contribution is 0.419. The van der Waals surface area contributed by atoms with Crippen LogP contribution in [0, 0.1) is 60.2 Å². The summed E-state index contributed by atoms with van der Waals surface area (Å²) in [6.45, 7) is 34.1. The Morgan fingerprint density at radius 3 is 1.19 bits per heavy atom. The van der Waals surface area contributed by atoms with Gasteiger partial charge in [-0.2, -0.15) is 0 Å². The molecule has 0 spiro atoms. The van der Waals surface area contributed by atoms with Gasteiger partial charge in [-0.05, 0) is 97.9 Å². The number of rotatable bonds is 11. The minimum atomic E-state index is 0.762. The number of hydrogen-bond donors (Lipinski definition) is 0. The SMILES string of the molecule is CC(C)CC(C)C.CC(C)CC1CC1.CC(C)CC1CCCC1.CCC(C)CC(C)C.Cc1ccc(CC(C)C)cc1. The van der Waals surface area contributed by atoms with E-state index in [-0.39, 0.29) is 0 Å². The van der Waals surface area contributed by atoms with Gasteiger partial charge in [0.15, 0.2) is 0 Å². The molecule has 250 valence electrons. The summed E-state index contributed by atoms with van der Waals surface area (Å²) >= 11 is 0. The van der Waals surface area contributed by atoms with E-state index in [4.69, 9.17) is 0 Å². The van der Waals surface area contributed by atoms with Crippen LogP contribution < -0.4 is 0 Å². The van der Waals surface area contributed by atoms with Crippen molar-refractivity contribution in [1.29, 1.82) is 0 Å². The van der Waals surface area contributed by atoms with Gasteiger partial charge < -0.3 is 0 Å². The van der Waals surface area contributed by atoms with Gasteiger partial charge in [0.05, 0.1) is 0 Å². The maximum Gasteiger partial charge on any atom is -0.0256 e. The summed E-state index contributed by atoms with van der Waals surface area (Å²) in [6, 6.07) is 8.79. The van der Waals surface area contributed by atoms with Gasteiger partial charge >= 0.3 is 0 Å². The topological polar surface area (TPSA) is 0 Å². The first-order valence-corrected chi connectivity index (χ1v) is 18.6. The molecule has 1 aromatic rings. The lowest BCUT2D eigenvalue weighted by Gasteiger charge is -2.10. The van der Waals surface area contributed by atoms with Crippen LogP contribution in [0.4, 0.5) is 0 Å². The first-order chi connectivity index (χ1) is 19.5. The van der Waals surface area contributed by atoms with Gasteiger partial charge in [-0.1, -0.05) is 172 Å². The third kappa shape index (κ3) is 33.7. The molecule has 0 nitrogen and oxygen atoms in total. The summed E-state index contributed by atoms with van der Waals surface area (Å²) in [4.78, 5) is 0. The molecule has 0 heteroatoms. The van der Waals surface area contributed by atoms with Crippen LogP contribution in [0.3, 0.4) is 0 Å². The second-order valence-electron chi connectivity index (χ2n) is 16.6. The van der Waals surface area contributed by atoms with Crippen LogP contribution in [0.5, 0.6) is 0 Å². The van der Waals surface area contributed by atoms with Gasteiger partial charge in [0, 0.05) is 0 Å². The van der Waals surface area contributed by atoms with E-state index in [2.05, 4.69) is 128 Å². The molecule has 2 saturated carbocycles. The molecule has 0 radical (unpaired) electrons. The van der Waals surface area contributed by atoms with Gasteiger partial charge in [0.2, 0.25) is 0 Å². The number of aryl methyl sites for hydroxylation is 1. The maximum absolute atomic E-state index is 2.33. The van der Waals surface area contributed by atoms with Crippen molar-refractivity contribution in [3.05, 3.63) is 35.4 Å². The fraction of sp³-hybridized carbons (Fsp3) is 0.857. The molecule has 0 saturated heterocycles. The minimum absolute atomic E-state index is 0.762. The van der Waals surface area contributed by atoms with Crippen LogP contribution >= 0.6 is 0 Å². The molecule has 42 heavy (non-hydrogen) atoms. The fourth-order valence-corrected chi connectivity index (χ4v) is 6.04. The van der Waals surface area contributed by atoms with Crippen molar-refractivity contribution in [2.75, 3.05) is 0 Å². The standard InChI is InChI=1S/C11H16.C9H18.C8H18.C7H14.C7H16/c1-9(2)8-11-6-4-10(3)5-7-11;1-8(2)7-9-5-3-4-6-9;1-5-8(4)6-7(2)3;1-6(2)5-7-3-4-7;1-6(2)5-7(3)4/h4-7,9H,8H2,1-3H3;8-9H,3-7H2,1-2H3;7-8H,5-6H2,1-4H3;6-7H,3-5H2,1-2H3;6-7H,5H2,1-4H3. The van der Waals surface area contributed by atoms with Crippen molar-refractivity contribution in [1.82, 2.24) is 0 Å². The summed E-state index contributed by atoms with van der Waals surface area (Å²) in [7, 11) is 0. The van der Waals surface area contributed by atoms with Gasteiger partial charge in [0.1, 0.15) is 0 Å². The monoisotopic (exact) mass is 587 g/mol. The Bertz CT molecular complexity index is 648. The summed E-state index contributed by atoms with van der Waals surface area (Å²) < 4.78 is 0. The highest BCUT2D eigenvalue weighted by Gasteiger charge is 2.21. The molecule has 0 N–H and O–H groups in total. The molecule has 2 fully saturated rings. The summed E-state index contributed by atoms with van der Waals surface area (Å²) in [5.74, 6) is 8.39. The zero-order valence-electron chi connectivity index (χ0n) is 32.0. The minimum Gasteiger partial charge on any atom is -0.0651 e. The summed E-state index contributed by atoms with van der Waals surface area (Å²) in [5.41, 5.74) is 2.79. The lowest BCUT2D eigenvalue weighted by Crippen LogP contribution is -1.98. The van der Waals surface area contributed by atoms with E-state index in [0.717, 1.165) is 53.3 Å². The Hall–Kier alpha value is -0.780. The van der Waals surface area contributed by atoms with Crippen LogP contribution in [0.1, 0.15) is 179 Å². The Morgan fingerprint density at radius 1 is 0.524 bits per heavy atom. The summed E-state index contributed by atoms with van der Waals surface area (Å²) in [5, 5.41) is 0. The van der Waals surface area contributed by atoms with Gasteiger partial charge in [-0.15, -0.1) is 0 Å². The molecular weight excluding hydrogens is 504 g/mol. The van der Waals surface area contributed by atoms with Crippen molar-refractivity contribution >= 4 is 0 Å². The van der Waals surface area contributed by atoms with Crippen LogP contribution in [0.15, 0.2) is 24.3 Å². The average molecular weight is 587 g/mol. The highest BCUT2D eigenvalue weighted by Crippen LogP contribution is 2.34. The second kappa shape index (κ2) is 26.6. The zero-order valence-corrected chi connectivity index (χ0v) is 32.0. The quantitative estimate of drug-likeness (QED) is 0.242. The number of benzene rings is 1. The van der Waals surface area contributed by atoms with Crippen LogP contribution in [-0.4, -0.2) is 0 Å². The van der Waals surface area contributed by atoms with Crippen molar-refractivity contribution < 1.29 is 0 Å². The predicted octanol–water partition coefficient (Wildman–Crippen LogP) is 14.6. The Balaban J connectivity index is 0. The van der Waals surface area contributed by atoms with E-state index in [0.29, 0.717) is 0 Å². The van der Waals surface area contributed by atoms with E-state index in [1.165, 1.54) is 88.2 Å². The van der Waals surface area contributed by atoms with Crippen LogP contribution in [0.2, 0.25) is 0 Å². The van der Waals surface area contributed by atoms with E-state index in [1.54, 1.807) is 0 Å². The fourth-order valence-electron chi connectivity index (χ4n) is 6.04. The normalized spacial score (nSPS) is 15.5. The van der Waals surface area contributed by atoms with E-state index in [9.17, 15) is 0 Å². The molecule has 3 rings (SSSR count). The molecule has 0 amide bonds. The first kappa shape index (κ1) is 43.3. The molecule has 0 heterocycles. The third-order valence-corrected chi connectivity index (χ3v) is 8.06.